The molecule has 0 unspecified atom stereocenters. The molecule has 5 heteroatoms. The minimum absolute atomic E-state index is 0.270. The zero-order valence-electron chi connectivity index (χ0n) is 11.7. The fourth-order valence-corrected chi connectivity index (χ4v) is 2.15. The molecule has 0 aliphatic rings. The number of halogens is 1. The second-order valence-electron chi connectivity index (χ2n) is 4.54. The van der Waals surface area contributed by atoms with Gasteiger partial charge in [-0.2, -0.15) is 5.26 Å². The van der Waals surface area contributed by atoms with Crippen LogP contribution in [0.4, 0.5) is 11.4 Å². The summed E-state index contributed by atoms with van der Waals surface area (Å²) in [7, 11) is 1.82. The first-order valence-corrected chi connectivity index (χ1v) is 6.72. The fraction of sp³-hybridized carbons (Fsp3) is 0.125. The smallest absolute Gasteiger partial charge is 0.255 e. The molecule has 0 saturated heterocycles. The maximum atomic E-state index is 12.3. The van der Waals surface area contributed by atoms with E-state index in [1.54, 1.807) is 24.3 Å². The lowest BCUT2D eigenvalue weighted by Crippen LogP contribution is -2.14. The minimum Gasteiger partial charge on any atom is -0.388 e. The third kappa shape index (κ3) is 3.33. The molecule has 2 rings (SSSR count). The number of hydrogen-bond acceptors (Lipinski definition) is 3. The minimum atomic E-state index is -0.270. The first kappa shape index (κ1) is 14.9. The molecule has 0 spiro atoms. The summed E-state index contributed by atoms with van der Waals surface area (Å²) in [4.78, 5) is 12.3. The van der Waals surface area contributed by atoms with E-state index in [-0.39, 0.29) is 5.91 Å². The van der Waals surface area contributed by atoms with E-state index in [1.165, 1.54) is 0 Å². The largest absolute Gasteiger partial charge is 0.388 e. The highest BCUT2D eigenvalue weighted by atomic mass is 35.5. The molecule has 2 aromatic carbocycles. The number of nitrogens with zero attached hydrogens (tertiary/aromatic N) is 1. The lowest BCUT2D eigenvalue weighted by atomic mass is 10.1. The Bertz CT molecular complexity index is 735. The molecule has 0 saturated carbocycles. The van der Waals surface area contributed by atoms with Crippen molar-refractivity contribution in [3.8, 4) is 6.07 Å². The molecule has 0 heterocycles. The number of benzene rings is 2. The molecule has 0 atom stereocenters. The van der Waals surface area contributed by atoms with Gasteiger partial charge in [-0.25, -0.2) is 0 Å². The predicted molar refractivity (Wildman–Crippen MR) is 84.8 cm³/mol. The summed E-state index contributed by atoms with van der Waals surface area (Å²) in [6, 6.07) is 12.2. The van der Waals surface area contributed by atoms with Crippen LogP contribution < -0.4 is 10.6 Å². The van der Waals surface area contributed by atoms with E-state index in [0.29, 0.717) is 21.8 Å². The van der Waals surface area contributed by atoms with Crippen molar-refractivity contribution < 1.29 is 4.79 Å². The molecule has 0 bridgehead atoms. The Morgan fingerprint density at radius 3 is 2.62 bits per heavy atom. The zero-order chi connectivity index (χ0) is 15.4. The maximum Gasteiger partial charge on any atom is 0.255 e. The van der Waals surface area contributed by atoms with Gasteiger partial charge < -0.3 is 10.6 Å². The van der Waals surface area contributed by atoms with E-state index >= 15 is 0 Å². The molecule has 2 N–H and O–H groups in total. The summed E-state index contributed by atoms with van der Waals surface area (Å²) in [5, 5.41) is 15.3. The summed E-state index contributed by atoms with van der Waals surface area (Å²) in [6.45, 7) is 1.86. The first-order valence-electron chi connectivity index (χ1n) is 6.34. The summed E-state index contributed by atoms with van der Waals surface area (Å²) in [5.41, 5.74) is 3.12. The number of amides is 1. The van der Waals surface area contributed by atoms with Crippen LogP contribution in [-0.2, 0) is 0 Å². The van der Waals surface area contributed by atoms with Crippen molar-refractivity contribution in [2.24, 2.45) is 0 Å². The molecule has 4 nitrogen and oxygen atoms in total. The van der Waals surface area contributed by atoms with Crippen molar-refractivity contribution in [3.05, 3.63) is 58.1 Å². The van der Waals surface area contributed by atoms with Crippen molar-refractivity contribution in [1.29, 1.82) is 5.26 Å². The van der Waals surface area contributed by atoms with Crippen LogP contribution in [0.15, 0.2) is 36.4 Å². The van der Waals surface area contributed by atoms with E-state index in [9.17, 15) is 4.79 Å². The third-order valence-corrected chi connectivity index (χ3v) is 3.35. The summed E-state index contributed by atoms with van der Waals surface area (Å²) in [6.07, 6.45) is 0. The molecular weight excluding hydrogens is 286 g/mol. The van der Waals surface area contributed by atoms with Gasteiger partial charge in [-0.1, -0.05) is 11.6 Å². The summed E-state index contributed by atoms with van der Waals surface area (Å²) >= 11 is 5.91. The Kier molecular flexibility index (Phi) is 4.46. The number of rotatable bonds is 3. The number of hydrogen-bond donors (Lipinski definition) is 2. The lowest BCUT2D eigenvalue weighted by Gasteiger charge is -2.10. The van der Waals surface area contributed by atoms with Gasteiger partial charge in [-0.15, -0.1) is 0 Å². The van der Waals surface area contributed by atoms with Crippen LogP contribution in [0.3, 0.4) is 0 Å². The van der Waals surface area contributed by atoms with Crippen LogP contribution in [0.2, 0.25) is 5.02 Å². The fourth-order valence-electron chi connectivity index (χ4n) is 1.98. The Labute approximate surface area is 128 Å². The van der Waals surface area contributed by atoms with Gasteiger partial charge in [0.2, 0.25) is 0 Å². The lowest BCUT2D eigenvalue weighted by molar-refractivity contribution is 0.102. The van der Waals surface area contributed by atoms with Crippen LogP contribution in [-0.4, -0.2) is 13.0 Å². The number of anilines is 2. The molecule has 0 aliphatic carbocycles. The normalized spacial score (nSPS) is 9.81. The van der Waals surface area contributed by atoms with Gasteiger partial charge in [0.15, 0.2) is 0 Å². The van der Waals surface area contributed by atoms with E-state index in [1.807, 2.05) is 32.2 Å². The van der Waals surface area contributed by atoms with E-state index < -0.39 is 0 Å². The highest BCUT2D eigenvalue weighted by molar-refractivity contribution is 6.31. The molecule has 2 aromatic rings. The van der Waals surface area contributed by atoms with Gasteiger partial charge in [-0.05, 0) is 48.9 Å². The second kappa shape index (κ2) is 6.29. The van der Waals surface area contributed by atoms with Crippen LogP contribution in [0, 0.1) is 18.3 Å². The highest BCUT2D eigenvalue weighted by Crippen LogP contribution is 2.22. The second-order valence-corrected chi connectivity index (χ2v) is 4.97. The van der Waals surface area contributed by atoms with Crippen LogP contribution in [0.25, 0.3) is 0 Å². The SMILES string of the molecule is CNc1ccc(C(=O)Nc2cc(Cl)ccc2C#N)c(C)c1. The number of nitriles is 1. The quantitative estimate of drug-likeness (QED) is 0.905. The van der Waals surface area contributed by atoms with Crippen molar-refractivity contribution in [2.75, 3.05) is 17.7 Å². The van der Waals surface area contributed by atoms with Gasteiger partial charge in [0.25, 0.3) is 5.91 Å². The van der Waals surface area contributed by atoms with Crippen molar-refractivity contribution in [1.82, 2.24) is 0 Å². The van der Waals surface area contributed by atoms with Gasteiger partial charge >= 0.3 is 0 Å². The van der Waals surface area contributed by atoms with E-state index in [0.717, 1.165) is 11.3 Å². The molecule has 0 aromatic heterocycles. The molecular formula is C16H14ClN3O. The Morgan fingerprint density at radius 2 is 2.00 bits per heavy atom. The van der Waals surface area contributed by atoms with Crippen LogP contribution in [0.5, 0.6) is 0 Å². The van der Waals surface area contributed by atoms with Crippen LogP contribution in [0.1, 0.15) is 21.5 Å². The molecule has 0 aliphatic heterocycles. The predicted octanol–water partition coefficient (Wildman–Crippen LogP) is 3.81. The van der Waals surface area contributed by atoms with Crippen molar-refractivity contribution >= 4 is 28.9 Å². The zero-order valence-corrected chi connectivity index (χ0v) is 12.5. The standard InChI is InChI=1S/C16H14ClN3O/c1-10-7-13(19-2)5-6-14(10)16(21)20-15-8-12(17)4-3-11(15)9-18/h3-8,19H,1-2H3,(H,20,21). The highest BCUT2D eigenvalue weighted by Gasteiger charge is 2.12. The number of carbonyl (C=O) groups is 1. The van der Waals surface area contributed by atoms with Gasteiger partial charge in [0.05, 0.1) is 11.3 Å². The van der Waals surface area contributed by atoms with Gasteiger partial charge in [-0.3, -0.25) is 4.79 Å². The molecule has 21 heavy (non-hydrogen) atoms. The topological polar surface area (TPSA) is 64.9 Å². The maximum absolute atomic E-state index is 12.3. The number of aryl methyl sites for hydroxylation is 1. The summed E-state index contributed by atoms with van der Waals surface area (Å²) in [5.74, 6) is -0.270. The van der Waals surface area contributed by atoms with Crippen molar-refractivity contribution in [3.63, 3.8) is 0 Å². The van der Waals surface area contributed by atoms with E-state index in [4.69, 9.17) is 16.9 Å². The third-order valence-electron chi connectivity index (χ3n) is 3.11. The Balaban J connectivity index is 2.30. The van der Waals surface area contributed by atoms with Gasteiger partial charge in [0, 0.05) is 23.3 Å². The number of carbonyl (C=O) groups excluding carboxylic acids is 1. The molecule has 106 valence electrons. The van der Waals surface area contributed by atoms with Crippen molar-refractivity contribution in [2.45, 2.75) is 6.92 Å². The number of nitrogens with one attached hydrogen (secondary N) is 2. The summed E-state index contributed by atoms with van der Waals surface area (Å²) < 4.78 is 0. The van der Waals surface area contributed by atoms with E-state index in [2.05, 4.69) is 10.6 Å². The molecule has 1 amide bonds. The Morgan fingerprint density at radius 1 is 1.24 bits per heavy atom. The average molecular weight is 300 g/mol. The van der Waals surface area contributed by atoms with Crippen LogP contribution >= 0.6 is 11.6 Å². The Hall–Kier alpha value is -2.51. The monoisotopic (exact) mass is 299 g/mol. The molecule has 0 fully saturated rings. The first-order chi connectivity index (χ1) is 10.0. The molecule has 0 radical (unpaired) electrons. The average Bonchev–Trinajstić information content (AvgIpc) is 2.47. The van der Waals surface area contributed by atoms with Gasteiger partial charge in [0.1, 0.15) is 6.07 Å².